The predicted molar refractivity (Wildman–Crippen MR) is 159 cm³/mol. The summed E-state index contributed by atoms with van der Waals surface area (Å²) in [5, 5.41) is 5.76. The molecule has 0 heterocycles. The predicted octanol–water partition coefficient (Wildman–Crippen LogP) is 7.21. The van der Waals surface area contributed by atoms with E-state index in [0.29, 0.717) is 0 Å². The lowest BCUT2D eigenvalue weighted by molar-refractivity contribution is 0.0513. The van der Waals surface area contributed by atoms with Crippen molar-refractivity contribution in [2.24, 2.45) is 0 Å². The summed E-state index contributed by atoms with van der Waals surface area (Å²) in [4.78, 5) is 0. The maximum atomic E-state index is 6.25. The molecule has 0 saturated carbocycles. The molecule has 0 aliphatic heterocycles. The second-order valence-electron chi connectivity index (χ2n) is 9.63. The number of hydrogen-bond acceptors (Lipinski definition) is 5. The molecule has 0 N–H and O–H groups in total. The standard InChI is InChI=1S/C32H33NO4Si/c1-34-22-36-29-20-18-24-12-8-10-16-27(24)31(29)33(38(3,4)26-14-6-5-7-15-26)32-28-17-11-9-13-25(28)19-21-30(32)37-23-35-2/h5-21H,22-23H2,1-4H3. The summed E-state index contributed by atoms with van der Waals surface area (Å²) in [5.74, 6) is 1.51. The Morgan fingerprint density at radius 2 is 1.00 bits per heavy atom. The molecule has 5 aromatic carbocycles. The van der Waals surface area contributed by atoms with Gasteiger partial charge in [0.1, 0.15) is 11.5 Å². The number of rotatable bonds is 10. The van der Waals surface area contributed by atoms with Crippen molar-refractivity contribution < 1.29 is 18.9 Å². The van der Waals surface area contributed by atoms with E-state index in [1.165, 1.54) is 5.19 Å². The van der Waals surface area contributed by atoms with Crippen LogP contribution in [0.1, 0.15) is 0 Å². The van der Waals surface area contributed by atoms with Gasteiger partial charge >= 0.3 is 0 Å². The number of nitrogens with zero attached hydrogens (tertiary/aromatic N) is 1. The molecule has 5 nitrogen and oxygen atoms in total. The lowest BCUT2D eigenvalue weighted by atomic mass is 10.0. The fraction of sp³-hybridized carbons (Fsp3) is 0.188. The number of benzene rings is 5. The smallest absolute Gasteiger partial charge is 0.188 e. The van der Waals surface area contributed by atoms with Crippen LogP contribution in [0.2, 0.25) is 13.1 Å². The molecule has 0 aliphatic carbocycles. The van der Waals surface area contributed by atoms with Crippen molar-refractivity contribution >= 4 is 46.3 Å². The molecule has 6 heteroatoms. The molecular weight excluding hydrogens is 490 g/mol. The first-order valence-corrected chi connectivity index (χ1v) is 15.6. The minimum Gasteiger partial charge on any atom is -0.465 e. The normalized spacial score (nSPS) is 11.6. The highest BCUT2D eigenvalue weighted by Crippen LogP contribution is 2.48. The summed E-state index contributed by atoms with van der Waals surface area (Å²) < 4.78 is 25.7. The molecule has 38 heavy (non-hydrogen) atoms. The highest BCUT2D eigenvalue weighted by atomic mass is 28.3. The Labute approximate surface area is 225 Å². The maximum Gasteiger partial charge on any atom is 0.188 e. The third-order valence-electron chi connectivity index (χ3n) is 6.88. The van der Waals surface area contributed by atoms with E-state index >= 15 is 0 Å². The quantitative estimate of drug-likeness (QED) is 0.143. The van der Waals surface area contributed by atoms with Crippen molar-refractivity contribution in [3.63, 3.8) is 0 Å². The van der Waals surface area contributed by atoms with Crippen LogP contribution in [-0.4, -0.2) is 36.0 Å². The zero-order chi connectivity index (χ0) is 26.5. The average Bonchev–Trinajstić information content (AvgIpc) is 2.96. The van der Waals surface area contributed by atoms with Crippen molar-refractivity contribution in [3.05, 3.63) is 103 Å². The van der Waals surface area contributed by atoms with Gasteiger partial charge in [0.15, 0.2) is 21.8 Å². The van der Waals surface area contributed by atoms with Crippen LogP contribution in [0.3, 0.4) is 0 Å². The first-order valence-electron chi connectivity index (χ1n) is 12.7. The number of anilines is 2. The van der Waals surface area contributed by atoms with E-state index in [9.17, 15) is 0 Å². The van der Waals surface area contributed by atoms with Gasteiger partial charge in [-0.1, -0.05) is 91.0 Å². The van der Waals surface area contributed by atoms with Crippen LogP contribution in [0, 0.1) is 0 Å². The van der Waals surface area contributed by atoms with Gasteiger partial charge in [-0.3, -0.25) is 0 Å². The number of fused-ring (bicyclic) bond motifs is 2. The summed E-state index contributed by atoms with van der Waals surface area (Å²) in [6, 6.07) is 35.9. The zero-order valence-corrected chi connectivity index (χ0v) is 23.3. The Bertz CT molecular complexity index is 1450. The van der Waals surface area contributed by atoms with Crippen LogP contribution in [-0.2, 0) is 9.47 Å². The largest absolute Gasteiger partial charge is 0.465 e. The van der Waals surface area contributed by atoms with Crippen LogP contribution in [0.15, 0.2) is 103 Å². The van der Waals surface area contributed by atoms with Crippen LogP contribution < -0.4 is 19.2 Å². The van der Waals surface area contributed by atoms with Gasteiger partial charge in [0.05, 0.1) is 11.4 Å². The second-order valence-corrected chi connectivity index (χ2v) is 13.8. The number of ether oxygens (including phenoxy) is 4. The number of hydrogen-bond donors (Lipinski definition) is 0. The topological polar surface area (TPSA) is 40.2 Å². The summed E-state index contributed by atoms with van der Waals surface area (Å²) >= 11 is 0. The third-order valence-corrected chi connectivity index (χ3v) is 10.2. The molecule has 0 aromatic heterocycles. The molecule has 5 rings (SSSR count). The lowest BCUT2D eigenvalue weighted by Crippen LogP contribution is -2.56. The molecule has 5 aromatic rings. The van der Waals surface area contributed by atoms with Crippen molar-refractivity contribution in [2.75, 3.05) is 32.4 Å². The van der Waals surface area contributed by atoms with Crippen LogP contribution in [0.5, 0.6) is 11.5 Å². The Balaban J connectivity index is 1.91. The Morgan fingerprint density at radius 3 is 1.47 bits per heavy atom. The SMILES string of the molecule is COCOc1ccc2ccccc2c1N(c1c(OCOC)ccc2ccccc12)[Si](C)(C)c1ccccc1. The number of methoxy groups -OCH3 is 2. The minimum absolute atomic E-state index is 0.148. The Hall–Kier alpha value is -3.84. The molecule has 0 bridgehead atoms. The van der Waals surface area contributed by atoms with E-state index < -0.39 is 8.24 Å². The second kappa shape index (κ2) is 11.3. The van der Waals surface area contributed by atoms with Crippen LogP contribution in [0.4, 0.5) is 11.4 Å². The maximum absolute atomic E-state index is 6.25. The van der Waals surface area contributed by atoms with Gasteiger partial charge in [-0.15, -0.1) is 0 Å². The van der Waals surface area contributed by atoms with Gasteiger partial charge in [0, 0.05) is 25.0 Å². The van der Waals surface area contributed by atoms with Gasteiger partial charge in [-0.05, 0) is 41.2 Å². The molecular formula is C32H33NO4Si. The van der Waals surface area contributed by atoms with Crippen LogP contribution >= 0.6 is 0 Å². The molecule has 194 valence electrons. The molecule has 0 radical (unpaired) electrons. The van der Waals surface area contributed by atoms with E-state index in [4.69, 9.17) is 18.9 Å². The minimum atomic E-state index is -2.47. The summed E-state index contributed by atoms with van der Waals surface area (Å²) in [7, 11) is 0.808. The molecule has 0 saturated heterocycles. The highest BCUT2D eigenvalue weighted by Gasteiger charge is 2.38. The van der Waals surface area contributed by atoms with E-state index in [1.807, 2.05) is 12.1 Å². The summed E-state index contributed by atoms with van der Waals surface area (Å²) in [6.45, 7) is 5.03. The first-order chi connectivity index (χ1) is 18.6. The Morgan fingerprint density at radius 1 is 0.553 bits per heavy atom. The fourth-order valence-electron chi connectivity index (χ4n) is 5.06. The van der Waals surface area contributed by atoms with E-state index in [-0.39, 0.29) is 13.6 Å². The summed E-state index contributed by atoms with van der Waals surface area (Å²) in [5.41, 5.74) is 2.00. The van der Waals surface area contributed by atoms with Crippen molar-refractivity contribution in [2.45, 2.75) is 13.1 Å². The molecule has 0 fully saturated rings. The van der Waals surface area contributed by atoms with E-state index in [2.05, 4.69) is 109 Å². The van der Waals surface area contributed by atoms with Crippen LogP contribution in [0.25, 0.3) is 21.5 Å². The van der Waals surface area contributed by atoms with E-state index in [0.717, 1.165) is 44.4 Å². The highest BCUT2D eigenvalue weighted by molar-refractivity contribution is 6.94. The lowest BCUT2D eigenvalue weighted by Gasteiger charge is -2.42. The van der Waals surface area contributed by atoms with Crippen molar-refractivity contribution in [1.29, 1.82) is 0 Å². The van der Waals surface area contributed by atoms with Gasteiger partial charge in [-0.2, -0.15) is 0 Å². The summed E-state index contributed by atoms with van der Waals surface area (Å²) in [6.07, 6.45) is 0. The third kappa shape index (κ3) is 4.86. The van der Waals surface area contributed by atoms with E-state index in [1.54, 1.807) is 14.2 Å². The van der Waals surface area contributed by atoms with Gasteiger partial charge in [0.2, 0.25) is 0 Å². The van der Waals surface area contributed by atoms with Crippen molar-refractivity contribution in [1.82, 2.24) is 0 Å². The van der Waals surface area contributed by atoms with Gasteiger partial charge in [0.25, 0.3) is 0 Å². The fourth-order valence-corrected chi connectivity index (χ4v) is 7.90. The average molecular weight is 524 g/mol. The monoisotopic (exact) mass is 523 g/mol. The van der Waals surface area contributed by atoms with Crippen molar-refractivity contribution in [3.8, 4) is 11.5 Å². The Kier molecular flexibility index (Phi) is 7.65. The zero-order valence-electron chi connectivity index (χ0n) is 22.3. The molecule has 0 spiro atoms. The first kappa shape index (κ1) is 25.8. The molecule has 0 amide bonds. The molecule has 0 unspecified atom stereocenters. The molecule has 0 atom stereocenters. The van der Waals surface area contributed by atoms with Gasteiger partial charge in [-0.25, -0.2) is 0 Å². The van der Waals surface area contributed by atoms with Gasteiger partial charge < -0.3 is 23.5 Å². The molecule has 0 aliphatic rings.